The Bertz CT molecular complexity index is 350. The number of hydrogen-bond acceptors (Lipinski definition) is 1. The Hall–Kier alpha value is 0.150. The number of carbonyl (C=O) groups excluding carboxylic acids is 1. The van der Waals surface area contributed by atoms with Gasteiger partial charge in [-0.2, -0.15) is 0 Å². The minimum atomic E-state index is 0.521. The fourth-order valence-corrected chi connectivity index (χ4v) is 7.62. The van der Waals surface area contributed by atoms with Crippen LogP contribution in [0.15, 0.2) is 0 Å². The second-order valence-electron chi connectivity index (χ2n) is 5.77. The Morgan fingerprint density at radius 3 is 2.54 bits per heavy atom. The fraction of sp³-hybridized carbons (Fsp3) is 0.909. The predicted molar refractivity (Wildman–Crippen MR) is 50.3 cm³/mol. The molecule has 6 bridgehead atoms. The third-order valence-corrected chi connectivity index (χ3v) is 7.24. The van der Waals surface area contributed by atoms with Crippen LogP contribution in [0.2, 0.25) is 0 Å². The standard InChI is InChI=1S/C11H11BrO/c12-10-6-2-1-3-4(6)9-8(10)5(2)7(3)11(9)13/h2-10H,1H2/t2-,3-,4-,5-,6-,7-,8+,9-,10+/m0/s1. The first-order valence-electron chi connectivity index (χ1n) is 5.48. The van der Waals surface area contributed by atoms with Gasteiger partial charge >= 0.3 is 0 Å². The van der Waals surface area contributed by atoms with Crippen LogP contribution in [0.25, 0.3) is 0 Å². The Kier molecular flexibility index (Phi) is 0.790. The van der Waals surface area contributed by atoms with E-state index in [9.17, 15) is 4.79 Å². The van der Waals surface area contributed by atoms with Crippen LogP contribution < -0.4 is 0 Å². The smallest absolute Gasteiger partial charge is 0.140 e. The Labute approximate surface area is 85.4 Å². The lowest BCUT2D eigenvalue weighted by Crippen LogP contribution is -2.30. The largest absolute Gasteiger partial charge is 0.299 e. The van der Waals surface area contributed by atoms with E-state index in [0.29, 0.717) is 17.6 Å². The van der Waals surface area contributed by atoms with Gasteiger partial charge in [0.05, 0.1) is 0 Å². The van der Waals surface area contributed by atoms with Gasteiger partial charge in [0.1, 0.15) is 5.78 Å². The average Bonchev–Trinajstić information content (AvgIpc) is 2.78. The molecule has 68 valence electrons. The van der Waals surface area contributed by atoms with E-state index in [1.54, 1.807) is 0 Å². The highest BCUT2D eigenvalue weighted by Gasteiger charge is 2.83. The topological polar surface area (TPSA) is 17.1 Å². The third kappa shape index (κ3) is 0.397. The molecule has 0 unspecified atom stereocenters. The summed E-state index contributed by atoms with van der Waals surface area (Å²) < 4.78 is 0. The molecule has 0 N–H and O–H groups in total. The molecule has 0 amide bonds. The summed E-state index contributed by atoms with van der Waals surface area (Å²) in [5, 5.41) is 0. The molecule has 6 rings (SSSR count). The van der Waals surface area contributed by atoms with Crippen LogP contribution in [0.3, 0.4) is 0 Å². The van der Waals surface area contributed by atoms with E-state index in [2.05, 4.69) is 15.9 Å². The first kappa shape index (κ1) is 6.60. The normalized spacial score (nSPS) is 79.8. The molecule has 0 aliphatic heterocycles. The highest BCUT2D eigenvalue weighted by atomic mass is 79.9. The van der Waals surface area contributed by atoms with Crippen molar-refractivity contribution in [2.75, 3.05) is 0 Å². The molecule has 0 spiro atoms. The SMILES string of the molecule is O=C1[C@H]2[C@H]3[C@@H]4C[C@@H]5[C@@H]3[C@@H](Br)[C@@H]2[C@@H]5[C@@H]14. The van der Waals surface area contributed by atoms with Gasteiger partial charge < -0.3 is 0 Å². The van der Waals surface area contributed by atoms with Crippen LogP contribution in [0, 0.1) is 47.3 Å². The van der Waals surface area contributed by atoms with Gasteiger partial charge in [0, 0.05) is 16.7 Å². The molecule has 0 saturated heterocycles. The first-order chi connectivity index (χ1) is 6.30. The second-order valence-corrected chi connectivity index (χ2v) is 6.83. The second kappa shape index (κ2) is 1.56. The van der Waals surface area contributed by atoms with E-state index < -0.39 is 0 Å². The molecule has 6 saturated carbocycles. The van der Waals surface area contributed by atoms with E-state index in [4.69, 9.17) is 0 Å². The Morgan fingerprint density at radius 2 is 1.77 bits per heavy atom. The summed E-state index contributed by atoms with van der Waals surface area (Å²) in [5.74, 6) is 6.90. The van der Waals surface area contributed by atoms with Crippen LogP contribution >= 0.6 is 15.9 Å². The maximum Gasteiger partial charge on any atom is 0.140 e. The van der Waals surface area contributed by atoms with Crippen molar-refractivity contribution in [2.24, 2.45) is 47.3 Å². The van der Waals surface area contributed by atoms with Gasteiger partial charge in [0.15, 0.2) is 0 Å². The fourth-order valence-electron chi connectivity index (χ4n) is 6.20. The average molecular weight is 239 g/mol. The molecule has 0 heterocycles. The monoisotopic (exact) mass is 238 g/mol. The molecule has 0 aromatic carbocycles. The van der Waals surface area contributed by atoms with E-state index in [0.717, 1.165) is 40.3 Å². The molecule has 9 atom stereocenters. The molecule has 6 fully saturated rings. The van der Waals surface area contributed by atoms with Gasteiger partial charge in [-0.25, -0.2) is 0 Å². The molecular weight excluding hydrogens is 228 g/mol. The predicted octanol–water partition coefficient (Wildman–Crippen LogP) is 1.71. The molecule has 1 nitrogen and oxygen atoms in total. The number of carbonyl (C=O) groups is 1. The lowest BCUT2D eigenvalue weighted by atomic mass is 9.71. The Morgan fingerprint density at radius 1 is 1.00 bits per heavy atom. The highest BCUT2D eigenvalue weighted by Crippen LogP contribution is 2.82. The van der Waals surface area contributed by atoms with Crippen molar-refractivity contribution in [1.29, 1.82) is 0 Å². The van der Waals surface area contributed by atoms with Gasteiger partial charge in [0.25, 0.3) is 0 Å². The number of Topliss-reactive ketones (excluding diaryl/α,β-unsaturated/α-hetero) is 1. The molecule has 2 heteroatoms. The minimum absolute atomic E-state index is 0.521. The van der Waals surface area contributed by atoms with Gasteiger partial charge in [0.2, 0.25) is 0 Å². The summed E-state index contributed by atoms with van der Waals surface area (Å²) in [6.45, 7) is 0. The van der Waals surface area contributed by atoms with Crippen LogP contribution in [0.4, 0.5) is 0 Å². The third-order valence-electron chi connectivity index (χ3n) is 6.01. The van der Waals surface area contributed by atoms with E-state index in [-0.39, 0.29) is 0 Å². The summed E-state index contributed by atoms with van der Waals surface area (Å²) in [6, 6.07) is 0. The summed E-state index contributed by atoms with van der Waals surface area (Å²) in [7, 11) is 0. The first-order valence-corrected chi connectivity index (χ1v) is 6.40. The molecule has 0 radical (unpaired) electrons. The maximum atomic E-state index is 12.0. The van der Waals surface area contributed by atoms with Gasteiger partial charge in [-0.05, 0) is 41.9 Å². The lowest BCUT2D eigenvalue weighted by Gasteiger charge is -2.32. The van der Waals surface area contributed by atoms with E-state index in [1.807, 2.05) is 0 Å². The van der Waals surface area contributed by atoms with Crippen molar-refractivity contribution < 1.29 is 4.79 Å². The molecule has 0 aromatic rings. The molecule has 13 heavy (non-hydrogen) atoms. The van der Waals surface area contributed by atoms with Crippen LogP contribution in [0.1, 0.15) is 6.42 Å². The van der Waals surface area contributed by atoms with Crippen molar-refractivity contribution >= 4 is 21.7 Å². The zero-order valence-electron chi connectivity index (χ0n) is 7.19. The quantitative estimate of drug-likeness (QED) is 0.588. The summed E-state index contributed by atoms with van der Waals surface area (Å²) in [6.07, 6.45) is 1.41. The van der Waals surface area contributed by atoms with Crippen molar-refractivity contribution in [3.63, 3.8) is 0 Å². The van der Waals surface area contributed by atoms with E-state index in [1.165, 1.54) is 6.42 Å². The number of hydrogen-bond donors (Lipinski definition) is 0. The summed E-state index contributed by atoms with van der Waals surface area (Å²) >= 11 is 3.86. The summed E-state index contributed by atoms with van der Waals surface area (Å²) in [5.41, 5.74) is 0. The number of alkyl halides is 1. The van der Waals surface area contributed by atoms with E-state index >= 15 is 0 Å². The zero-order valence-corrected chi connectivity index (χ0v) is 8.78. The van der Waals surface area contributed by atoms with Crippen LogP contribution in [-0.2, 0) is 4.79 Å². The maximum absolute atomic E-state index is 12.0. The lowest BCUT2D eigenvalue weighted by molar-refractivity contribution is -0.122. The van der Waals surface area contributed by atoms with Crippen molar-refractivity contribution in [2.45, 2.75) is 11.2 Å². The summed E-state index contributed by atoms with van der Waals surface area (Å²) in [4.78, 5) is 12.7. The molecule has 6 aliphatic carbocycles. The molecule has 6 aliphatic rings. The highest BCUT2D eigenvalue weighted by molar-refractivity contribution is 9.09. The van der Waals surface area contributed by atoms with Gasteiger partial charge in [-0.1, -0.05) is 15.9 Å². The van der Waals surface area contributed by atoms with Crippen molar-refractivity contribution in [3.05, 3.63) is 0 Å². The molecule has 0 aromatic heterocycles. The van der Waals surface area contributed by atoms with Crippen LogP contribution in [-0.4, -0.2) is 10.6 Å². The number of halogens is 1. The Balaban J connectivity index is 1.90. The number of ketones is 1. The zero-order chi connectivity index (χ0) is 8.48. The van der Waals surface area contributed by atoms with Crippen molar-refractivity contribution in [3.8, 4) is 0 Å². The van der Waals surface area contributed by atoms with Crippen molar-refractivity contribution in [1.82, 2.24) is 0 Å². The number of rotatable bonds is 0. The van der Waals surface area contributed by atoms with Gasteiger partial charge in [-0.15, -0.1) is 0 Å². The van der Waals surface area contributed by atoms with Gasteiger partial charge in [-0.3, -0.25) is 4.79 Å². The molecular formula is C11H11BrO. The van der Waals surface area contributed by atoms with Crippen LogP contribution in [0.5, 0.6) is 0 Å². The minimum Gasteiger partial charge on any atom is -0.299 e.